The largest absolute Gasteiger partial charge is 0.462 e. The summed E-state index contributed by atoms with van der Waals surface area (Å²) in [5.41, 5.74) is 0. The first kappa shape index (κ1) is 72.6. The van der Waals surface area contributed by atoms with Gasteiger partial charge in [-0.15, -0.1) is 0 Å². The van der Waals surface area contributed by atoms with Crippen LogP contribution in [0, 0.1) is 0 Å². The Morgan fingerprint density at radius 1 is 0.289 bits per heavy atom. The van der Waals surface area contributed by atoms with Crippen molar-refractivity contribution < 1.29 is 28.6 Å². The lowest BCUT2D eigenvalue weighted by Crippen LogP contribution is -2.30. The van der Waals surface area contributed by atoms with Crippen LogP contribution in [-0.2, 0) is 28.6 Å². The second kappa shape index (κ2) is 64.1. The first-order valence-corrected chi connectivity index (χ1v) is 32.6. The molecule has 0 radical (unpaired) electrons. The van der Waals surface area contributed by atoms with Gasteiger partial charge < -0.3 is 14.2 Å². The quantitative estimate of drug-likeness (QED) is 0.0261. The van der Waals surface area contributed by atoms with Gasteiger partial charge in [0.15, 0.2) is 6.10 Å². The molecule has 0 amide bonds. The molecule has 76 heavy (non-hydrogen) atoms. The van der Waals surface area contributed by atoms with Crippen molar-refractivity contribution in [2.45, 2.75) is 329 Å². The Hall–Kier alpha value is -3.41. The van der Waals surface area contributed by atoms with E-state index in [2.05, 4.69) is 93.7 Å². The highest BCUT2D eigenvalue weighted by Crippen LogP contribution is 2.17. The minimum Gasteiger partial charge on any atom is -0.462 e. The molecule has 0 aromatic rings. The van der Waals surface area contributed by atoms with Crippen LogP contribution in [0.4, 0.5) is 0 Å². The smallest absolute Gasteiger partial charge is 0.310 e. The fraction of sp³-hybridized carbons (Fsp3) is 0.757. The first-order chi connectivity index (χ1) is 37.5. The normalized spacial score (nSPS) is 12.6. The van der Waals surface area contributed by atoms with Gasteiger partial charge in [-0.3, -0.25) is 14.4 Å². The third-order valence-corrected chi connectivity index (χ3v) is 14.2. The number of esters is 3. The summed E-state index contributed by atoms with van der Waals surface area (Å²) in [5.74, 6) is -1.05. The molecule has 0 heterocycles. The van der Waals surface area contributed by atoms with E-state index >= 15 is 0 Å². The van der Waals surface area contributed by atoms with Crippen molar-refractivity contribution in [1.29, 1.82) is 0 Å². The van der Waals surface area contributed by atoms with Crippen molar-refractivity contribution >= 4 is 17.9 Å². The molecule has 6 heteroatoms. The molecule has 0 bridgehead atoms. The van der Waals surface area contributed by atoms with Crippen LogP contribution in [-0.4, -0.2) is 37.2 Å². The van der Waals surface area contributed by atoms with Crippen LogP contribution in [0.1, 0.15) is 323 Å². The van der Waals surface area contributed by atoms with E-state index in [1.807, 2.05) is 6.08 Å². The van der Waals surface area contributed by atoms with Gasteiger partial charge >= 0.3 is 17.9 Å². The Morgan fingerprint density at radius 2 is 0.553 bits per heavy atom. The number of unbranched alkanes of at least 4 members (excludes halogenated alkanes) is 35. The van der Waals surface area contributed by atoms with Crippen molar-refractivity contribution in [2.75, 3.05) is 13.2 Å². The molecule has 1 unspecified atom stereocenters. The van der Waals surface area contributed by atoms with E-state index in [-0.39, 0.29) is 31.6 Å². The molecule has 0 N–H and O–H groups in total. The molecule has 6 nitrogen and oxygen atoms in total. The average molecular weight is 1060 g/mol. The molecule has 0 saturated carbocycles. The third kappa shape index (κ3) is 61.4. The lowest BCUT2D eigenvalue weighted by molar-refractivity contribution is -0.166. The van der Waals surface area contributed by atoms with Gasteiger partial charge in [-0.25, -0.2) is 0 Å². The zero-order valence-electron chi connectivity index (χ0n) is 50.3. The van der Waals surface area contributed by atoms with Gasteiger partial charge in [0.1, 0.15) is 13.2 Å². The van der Waals surface area contributed by atoms with Crippen LogP contribution < -0.4 is 0 Å². The molecular formula is C70H122O6. The number of carbonyl (C=O) groups is 3. The number of ether oxygens (including phenoxy) is 3. The van der Waals surface area contributed by atoms with Crippen molar-refractivity contribution in [2.24, 2.45) is 0 Å². The number of hydrogen-bond donors (Lipinski definition) is 0. The van der Waals surface area contributed by atoms with Crippen LogP contribution in [0.2, 0.25) is 0 Å². The number of hydrogen-bond acceptors (Lipinski definition) is 6. The van der Waals surface area contributed by atoms with E-state index in [1.165, 1.54) is 186 Å². The molecule has 0 aromatic carbocycles. The molecule has 0 rings (SSSR count). The Kier molecular flexibility index (Phi) is 61.2. The van der Waals surface area contributed by atoms with E-state index in [1.54, 1.807) is 6.08 Å². The minimum absolute atomic E-state index is 0.0948. The Balaban J connectivity index is 4.28. The summed E-state index contributed by atoms with van der Waals surface area (Å²) in [7, 11) is 0. The molecule has 0 fully saturated rings. The predicted octanol–water partition coefficient (Wildman–Crippen LogP) is 22.3. The number of rotatable bonds is 59. The molecule has 0 saturated heterocycles. The third-order valence-electron chi connectivity index (χ3n) is 14.2. The van der Waals surface area contributed by atoms with E-state index in [9.17, 15) is 14.4 Å². The molecule has 0 spiro atoms. The van der Waals surface area contributed by atoms with Crippen molar-refractivity contribution in [3.05, 3.63) is 85.1 Å². The van der Waals surface area contributed by atoms with E-state index in [4.69, 9.17) is 14.2 Å². The minimum atomic E-state index is -0.837. The summed E-state index contributed by atoms with van der Waals surface area (Å²) >= 11 is 0. The van der Waals surface area contributed by atoms with Gasteiger partial charge in [0, 0.05) is 12.8 Å². The summed E-state index contributed by atoms with van der Waals surface area (Å²) in [6.07, 6.45) is 85.0. The molecule has 438 valence electrons. The van der Waals surface area contributed by atoms with Crippen LogP contribution in [0.15, 0.2) is 85.1 Å². The van der Waals surface area contributed by atoms with E-state index in [0.717, 1.165) is 96.3 Å². The molecule has 1 atom stereocenters. The zero-order chi connectivity index (χ0) is 55.0. The number of allylic oxidation sites excluding steroid dienone is 13. The SMILES string of the molecule is CC/C=C\C/C=C\C/C=C\C/C=C\C/C=C\CC(=O)OC(COC(=O)CCCCCCC/C=C\C/C=C\CCCCC)COC(=O)CCCCCCCCCCCCCCCCCCCCCCCCCCCCCC. The van der Waals surface area contributed by atoms with Gasteiger partial charge in [-0.2, -0.15) is 0 Å². The Labute approximate surface area is 471 Å². The molecule has 0 aliphatic rings. The van der Waals surface area contributed by atoms with Crippen LogP contribution in [0.25, 0.3) is 0 Å². The van der Waals surface area contributed by atoms with Gasteiger partial charge in [-0.1, -0.05) is 311 Å². The highest BCUT2D eigenvalue weighted by molar-refractivity contribution is 5.72. The highest BCUT2D eigenvalue weighted by Gasteiger charge is 2.19. The maximum atomic E-state index is 12.8. The molecule has 0 aliphatic carbocycles. The maximum absolute atomic E-state index is 12.8. The average Bonchev–Trinajstić information content (AvgIpc) is 3.42. The van der Waals surface area contributed by atoms with Gasteiger partial charge in [0.25, 0.3) is 0 Å². The maximum Gasteiger partial charge on any atom is 0.310 e. The Bertz CT molecular complexity index is 1450. The second-order valence-electron chi connectivity index (χ2n) is 21.7. The summed E-state index contributed by atoms with van der Waals surface area (Å²) in [6, 6.07) is 0. The van der Waals surface area contributed by atoms with Crippen molar-refractivity contribution in [3.8, 4) is 0 Å². The summed E-state index contributed by atoms with van der Waals surface area (Å²) in [5, 5.41) is 0. The molecule has 0 aliphatic heterocycles. The fourth-order valence-corrected chi connectivity index (χ4v) is 9.32. The van der Waals surface area contributed by atoms with Crippen molar-refractivity contribution in [1.82, 2.24) is 0 Å². The first-order valence-electron chi connectivity index (χ1n) is 32.6. The van der Waals surface area contributed by atoms with E-state index < -0.39 is 12.1 Å². The topological polar surface area (TPSA) is 78.9 Å². The summed E-state index contributed by atoms with van der Waals surface area (Å²) in [6.45, 7) is 6.44. The van der Waals surface area contributed by atoms with Gasteiger partial charge in [0.05, 0.1) is 6.42 Å². The zero-order valence-corrected chi connectivity index (χ0v) is 50.3. The lowest BCUT2D eigenvalue weighted by atomic mass is 10.0. The van der Waals surface area contributed by atoms with Gasteiger partial charge in [-0.05, 0) is 77.0 Å². The second-order valence-corrected chi connectivity index (χ2v) is 21.7. The fourth-order valence-electron chi connectivity index (χ4n) is 9.32. The van der Waals surface area contributed by atoms with Crippen LogP contribution in [0.3, 0.4) is 0 Å². The van der Waals surface area contributed by atoms with Crippen LogP contribution in [0.5, 0.6) is 0 Å². The van der Waals surface area contributed by atoms with Crippen LogP contribution >= 0.6 is 0 Å². The van der Waals surface area contributed by atoms with Crippen molar-refractivity contribution in [3.63, 3.8) is 0 Å². The lowest BCUT2D eigenvalue weighted by Gasteiger charge is -2.18. The molecule has 0 aromatic heterocycles. The highest BCUT2D eigenvalue weighted by atomic mass is 16.6. The number of carbonyl (C=O) groups excluding carboxylic acids is 3. The Morgan fingerprint density at radius 3 is 0.895 bits per heavy atom. The van der Waals surface area contributed by atoms with Gasteiger partial charge in [0.2, 0.25) is 0 Å². The predicted molar refractivity (Wildman–Crippen MR) is 330 cm³/mol. The molecular weight excluding hydrogens is 937 g/mol. The summed E-state index contributed by atoms with van der Waals surface area (Å²) in [4.78, 5) is 38.2. The monoisotopic (exact) mass is 1060 g/mol. The van der Waals surface area contributed by atoms with E-state index in [0.29, 0.717) is 12.8 Å². The summed E-state index contributed by atoms with van der Waals surface area (Å²) < 4.78 is 16.8. The standard InChI is InChI=1S/C70H122O6/c1-4-7-10-13-16-19-22-25-28-29-30-31-32-33-34-35-36-37-38-39-40-43-45-48-51-54-57-60-63-69(72)75-66-67(76-70(73)64-61-58-55-52-49-46-42-27-24-21-18-15-12-9-6-3)65-74-68(71)62-59-56-53-50-47-44-41-26-23-20-17-14-11-8-5-2/h9,12,17-18,20-21,26-27,41-42,49,52,58,61,67H,4-8,10-11,13-16,19,22-25,28-40,43-48,50-51,53-57,59-60,62-66H2,1-3H3/b12-9-,20-17-,21-18-,41-26-,42-27-,52-49-,61-58-.